The van der Waals surface area contributed by atoms with Gasteiger partial charge in [0.1, 0.15) is 18.0 Å². The van der Waals surface area contributed by atoms with E-state index in [0.29, 0.717) is 16.8 Å². The highest BCUT2D eigenvalue weighted by molar-refractivity contribution is 5.95. The molecule has 0 spiro atoms. The lowest BCUT2D eigenvalue weighted by molar-refractivity contribution is 0.0694. The van der Waals surface area contributed by atoms with Gasteiger partial charge in [0.05, 0.1) is 16.9 Å². The van der Waals surface area contributed by atoms with Crippen LogP contribution in [0.5, 0.6) is 5.75 Å². The monoisotopic (exact) mass is 334 g/mol. The fraction of sp³-hybridized carbons (Fsp3) is 0.412. The summed E-state index contributed by atoms with van der Waals surface area (Å²) in [6.07, 6.45) is 1.32. The summed E-state index contributed by atoms with van der Waals surface area (Å²) >= 11 is 0. The summed E-state index contributed by atoms with van der Waals surface area (Å²) in [5.74, 6) is -1.59. The summed E-state index contributed by atoms with van der Waals surface area (Å²) in [7, 11) is 0. The van der Waals surface area contributed by atoms with Crippen molar-refractivity contribution in [1.82, 2.24) is 9.88 Å². The van der Waals surface area contributed by atoms with Crippen LogP contribution in [0, 0.1) is 5.82 Å². The Labute approximate surface area is 137 Å². The molecule has 0 saturated heterocycles. The van der Waals surface area contributed by atoms with E-state index < -0.39 is 17.2 Å². The SMILES string of the molecule is CC(C)NCc1c(F)cc2c(=O)c(C(=O)O)cn3c2c1OC[C@@H]3C. The Hall–Kier alpha value is -2.41. The highest BCUT2D eigenvalue weighted by Crippen LogP contribution is 2.36. The van der Waals surface area contributed by atoms with Crippen LogP contribution in [0.25, 0.3) is 10.9 Å². The third-order valence-corrected chi connectivity index (χ3v) is 4.18. The Kier molecular flexibility index (Phi) is 4.04. The van der Waals surface area contributed by atoms with E-state index in [2.05, 4.69) is 5.32 Å². The number of nitrogens with zero attached hydrogens (tertiary/aromatic N) is 1. The number of ether oxygens (including phenoxy) is 1. The van der Waals surface area contributed by atoms with Crippen molar-refractivity contribution in [3.8, 4) is 5.75 Å². The summed E-state index contributed by atoms with van der Waals surface area (Å²) in [5, 5.41) is 12.4. The highest BCUT2D eigenvalue weighted by atomic mass is 19.1. The van der Waals surface area contributed by atoms with E-state index >= 15 is 0 Å². The van der Waals surface area contributed by atoms with Crippen molar-refractivity contribution in [2.45, 2.75) is 39.4 Å². The second kappa shape index (κ2) is 5.90. The van der Waals surface area contributed by atoms with E-state index in [0.717, 1.165) is 6.07 Å². The number of aromatic nitrogens is 1. The first-order valence-electron chi connectivity index (χ1n) is 7.81. The third-order valence-electron chi connectivity index (χ3n) is 4.18. The Morgan fingerprint density at radius 2 is 2.25 bits per heavy atom. The van der Waals surface area contributed by atoms with Gasteiger partial charge in [0.25, 0.3) is 0 Å². The minimum atomic E-state index is -1.32. The number of carboxylic acid groups (broad SMARTS) is 1. The van der Waals surface area contributed by atoms with Gasteiger partial charge in [0.15, 0.2) is 5.75 Å². The summed E-state index contributed by atoms with van der Waals surface area (Å²) in [6.45, 7) is 6.29. The zero-order valence-electron chi connectivity index (χ0n) is 13.7. The number of pyridine rings is 1. The van der Waals surface area contributed by atoms with Gasteiger partial charge in [-0.1, -0.05) is 13.8 Å². The average Bonchev–Trinajstić information content (AvgIpc) is 2.51. The van der Waals surface area contributed by atoms with Gasteiger partial charge in [-0.2, -0.15) is 0 Å². The van der Waals surface area contributed by atoms with Crippen LogP contribution in [-0.4, -0.2) is 28.3 Å². The van der Waals surface area contributed by atoms with E-state index in [4.69, 9.17) is 4.74 Å². The summed E-state index contributed by atoms with van der Waals surface area (Å²) in [5.41, 5.74) is -0.269. The molecule has 0 amide bonds. The molecule has 7 heteroatoms. The van der Waals surface area contributed by atoms with E-state index in [1.807, 2.05) is 20.8 Å². The minimum absolute atomic E-state index is 0.0299. The molecule has 1 aliphatic heterocycles. The van der Waals surface area contributed by atoms with Crippen LogP contribution in [0.15, 0.2) is 17.1 Å². The molecule has 1 aromatic carbocycles. The molecule has 2 N–H and O–H groups in total. The van der Waals surface area contributed by atoms with E-state index in [1.165, 1.54) is 6.20 Å². The quantitative estimate of drug-likeness (QED) is 0.897. The molecule has 2 aromatic rings. The summed E-state index contributed by atoms with van der Waals surface area (Å²) in [6, 6.07) is 1.12. The lowest BCUT2D eigenvalue weighted by atomic mass is 10.0. The number of aromatic carboxylic acids is 1. The molecule has 24 heavy (non-hydrogen) atoms. The van der Waals surface area contributed by atoms with Crippen molar-refractivity contribution in [2.24, 2.45) is 0 Å². The third kappa shape index (κ3) is 2.54. The van der Waals surface area contributed by atoms with E-state index in [9.17, 15) is 19.1 Å². The van der Waals surface area contributed by atoms with Gasteiger partial charge in [-0.25, -0.2) is 9.18 Å². The van der Waals surface area contributed by atoms with Crippen molar-refractivity contribution < 1.29 is 19.0 Å². The second-order valence-electron chi connectivity index (χ2n) is 6.34. The predicted octanol–water partition coefficient (Wildman–Crippen LogP) is 2.29. The molecule has 2 heterocycles. The van der Waals surface area contributed by atoms with Gasteiger partial charge in [-0.15, -0.1) is 0 Å². The average molecular weight is 334 g/mol. The van der Waals surface area contributed by atoms with Gasteiger partial charge in [0, 0.05) is 24.3 Å². The predicted molar refractivity (Wildman–Crippen MR) is 87.3 cm³/mol. The first kappa shape index (κ1) is 16.4. The summed E-state index contributed by atoms with van der Waals surface area (Å²) < 4.78 is 22.0. The van der Waals surface area contributed by atoms with Crippen LogP contribution in [-0.2, 0) is 6.54 Å². The summed E-state index contributed by atoms with van der Waals surface area (Å²) in [4.78, 5) is 23.7. The van der Waals surface area contributed by atoms with Crippen molar-refractivity contribution in [2.75, 3.05) is 6.61 Å². The van der Waals surface area contributed by atoms with Crippen LogP contribution in [0.3, 0.4) is 0 Å². The zero-order valence-corrected chi connectivity index (χ0v) is 13.7. The molecule has 1 aliphatic rings. The second-order valence-corrected chi connectivity index (χ2v) is 6.34. The maximum Gasteiger partial charge on any atom is 0.341 e. The Morgan fingerprint density at radius 1 is 1.54 bits per heavy atom. The first-order chi connectivity index (χ1) is 11.3. The van der Waals surface area contributed by atoms with E-state index in [-0.39, 0.29) is 36.2 Å². The smallest absolute Gasteiger partial charge is 0.341 e. The standard InChI is InChI=1S/C17H19FN2O4/c1-8(2)19-5-11-13(18)4-10-14-16(11)24-7-9(3)20(14)6-12(15(10)21)17(22)23/h4,6,8-9,19H,5,7H2,1-3H3,(H,22,23)/t9-/m0/s1. The fourth-order valence-corrected chi connectivity index (χ4v) is 2.90. The highest BCUT2D eigenvalue weighted by Gasteiger charge is 2.27. The molecule has 1 aromatic heterocycles. The van der Waals surface area contributed by atoms with Gasteiger partial charge in [0.2, 0.25) is 5.43 Å². The molecule has 0 fully saturated rings. The number of carbonyl (C=O) groups is 1. The molecule has 128 valence electrons. The van der Waals surface area contributed by atoms with Gasteiger partial charge in [-0.3, -0.25) is 4.79 Å². The lowest BCUT2D eigenvalue weighted by Crippen LogP contribution is -2.29. The molecular formula is C17H19FN2O4. The van der Waals surface area contributed by atoms with Crippen LogP contribution in [0.1, 0.15) is 42.7 Å². The van der Waals surface area contributed by atoms with Crippen LogP contribution in [0.4, 0.5) is 4.39 Å². The Morgan fingerprint density at radius 3 is 2.88 bits per heavy atom. The number of carboxylic acids is 1. The molecule has 0 bridgehead atoms. The Bertz CT molecular complexity index is 889. The molecule has 3 rings (SSSR count). The molecule has 0 radical (unpaired) electrons. The zero-order chi connectivity index (χ0) is 17.6. The maximum absolute atomic E-state index is 14.6. The van der Waals surface area contributed by atoms with E-state index in [1.54, 1.807) is 4.57 Å². The molecule has 0 unspecified atom stereocenters. The van der Waals surface area contributed by atoms with Gasteiger partial charge >= 0.3 is 5.97 Å². The largest absolute Gasteiger partial charge is 0.489 e. The molecule has 1 atom stereocenters. The normalized spacial score (nSPS) is 16.5. The molecular weight excluding hydrogens is 315 g/mol. The van der Waals surface area contributed by atoms with Crippen LogP contribution >= 0.6 is 0 Å². The number of rotatable bonds is 4. The van der Waals surface area contributed by atoms with Crippen molar-refractivity contribution in [1.29, 1.82) is 0 Å². The number of hydrogen-bond acceptors (Lipinski definition) is 4. The first-order valence-corrected chi connectivity index (χ1v) is 7.81. The van der Waals surface area contributed by atoms with Gasteiger partial charge < -0.3 is 19.7 Å². The van der Waals surface area contributed by atoms with Crippen molar-refractivity contribution in [3.05, 3.63) is 39.4 Å². The maximum atomic E-state index is 14.6. The van der Waals surface area contributed by atoms with Crippen LogP contribution < -0.4 is 15.5 Å². The van der Waals surface area contributed by atoms with Crippen molar-refractivity contribution in [3.63, 3.8) is 0 Å². The number of hydrogen-bond donors (Lipinski definition) is 2. The number of halogens is 1. The number of benzene rings is 1. The topological polar surface area (TPSA) is 80.6 Å². The number of nitrogens with one attached hydrogen (secondary N) is 1. The van der Waals surface area contributed by atoms with Gasteiger partial charge in [-0.05, 0) is 13.0 Å². The van der Waals surface area contributed by atoms with Crippen LogP contribution in [0.2, 0.25) is 0 Å². The lowest BCUT2D eigenvalue weighted by Gasteiger charge is -2.28. The molecule has 0 aliphatic carbocycles. The fourth-order valence-electron chi connectivity index (χ4n) is 2.90. The Balaban J connectivity index is 2.34. The minimum Gasteiger partial charge on any atom is -0.489 e. The molecule has 0 saturated carbocycles. The molecule has 6 nitrogen and oxygen atoms in total. The van der Waals surface area contributed by atoms with Crippen molar-refractivity contribution >= 4 is 16.9 Å².